The summed E-state index contributed by atoms with van der Waals surface area (Å²) in [6.07, 6.45) is 4.94. The Bertz CT molecular complexity index is 847. The molecule has 1 saturated heterocycles. The highest BCUT2D eigenvalue weighted by Gasteiger charge is 2.29. The summed E-state index contributed by atoms with van der Waals surface area (Å²) in [5, 5.41) is 4.33. The number of hydrogen-bond acceptors (Lipinski definition) is 5. The third-order valence-electron chi connectivity index (χ3n) is 4.77. The van der Waals surface area contributed by atoms with Gasteiger partial charge in [-0.2, -0.15) is 9.78 Å². The number of rotatable bonds is 4. The van der Waals surface area contributed by atoms with Crippen molar-refractivity contribution in [3.05, 3.63) is 52.4 Å². The lowest BCUT2D eigenvalue weighted by molar-refractivity contribution is -0.116. The van der Waals surface area contributed by atoms with Gasteiger partial charge in [0.25, 0.3) is 5.56 Å². The van der Waals surface area contributed by atoms with Crippen LogP contribution in [0.25, 0.3) is 0 Å². The Morgan fingerprint density at radius 2 is 2.04 bits per heavy atom. The lowest BCUT2D eigenvalue weighted by Gasteiger charge is -2.30. The number of aromatic nitrogens is 2. The highest BCUT2D eigenvalue weighted by Crippen LogP contribution is 2.32. The second-order valence-electron chi connectivity index (χ2n) is 6.50. The van der Waals surface area contributed by atoms with E-state index in [0.29, 0.717) is 23.7 Å². The topological polar surface area (TPSA) is 64.4 Å². The van der Waals surface area contributed by atoms with E-state index in [1.165, 1.54) is 16.4 Å². The average Bonchev–Trinajstić information content (AvgIpc) is 2.69. The van der Waals surface area contributed by atoms with Gasteiger partial charge in [-0.3, -0.25) is 9.59 Å². The molecule has 0 N–H and O–H groups in total. The number of thioether (sulfide) groups is 1. The van der Waals surface area contributed by atoms with Gasteiger partial charge in [-0.15, -0.1) is 11.8 Å². The highest BCUT2D eigenvalue weighted by molar-refractivity contribution is 8.00. The van der Waals surface area contributed by atoms with Crippen LogP contribution in [-0.2, 0) is 16.0 Å². The first-order chi connectivity index (χ1) is 12.7. The summed E-state index contributed by atoms with van der Waals surface area (Å²) < 4.78 is 7.14. The number of benzene rings is 1. The number of ether oxygens (including phenoxy) is 1. The minimum atomic E-state index is -0.294. The van der Waals surface area contributed by atoms with E-state index in [9.17, 15) is 9.59 Å². The minimum Gasteiger partial charge on any atom is -0.356 e. The van der Waals surface area contributed by atoms with Crippen LogP contribution >= 0.6 is 11.8 Å². The van der Waals surface area contributed by atoms with E-state index in [2.05, 4.69) is 5.10 Å². The highest BCUT2D eigenvalue weighted by atomic mass is 32.2. The molecule has 0 aliphatic carbocycles. The van der Waals surface area contributed by atoms with Crippen LogP contribution in [0.5, 0.6) is 0 Å². The molecule has 2 aliphatic heterocycles. The van der Waals surface area contributed by atoms with Gasteiger partial charge in [-0.25, -0.2) is 0 Å². The van der Waals surface area contributed by atoms with Crippen molar-refractivity contribution in [2.24, 2.45) is 0 Å². The molecule has 26 heavy (non-hydrogen) atoms. The Morgan fingerprint density at radius 1 is 1.19 bits per heavy atom. The van der Waals surface area contributed by atoms with Crippen LogP contribution in [0.3, 0.4) is 0 Å². The summed E-state index contributed by atoms with van der Waals surface area (Å²) in [5.74, 6) is 0.304. The van der Waals surface area contributed by atoms with Crippen LogP contribution in [-0.4, -0.2) is 34.6 Å². The summed E-state index contributed by atoms with van der Waals surface area (Å²) in [4.78, 5) is 27.6. The quantitative estimate of drug-likeness (QED) is 0.827. The van der Waals surface area contributed by atoms with Crippen LogP contribution < -0.4 is 10.5 Å². The molecule has 2 aromatic rings. The second-order valence-corrected chi connectivity index (χ2v) is 7.49. The molecule has 2 aliphatic rings. The van der Waals surface area contributed by atoms with Crippen molar-refractivity contribution in [2.45, 2.75) is 36.8 Å². The van der Waals surface area contributed by atoms with Crippen molar-refractivity contribution in [3.8, 4) is 0 Å². The zero-order chi connectivity index (χ0) is 17.9. The molecule has 1 aromatic carbocycles. The predicted molar refractivity (Wildman–Crippen MR) is 101 cm³/mol. The van der Waals surface area contributed by atoms with Gasteiger partial charge in [-0.1, -0.05) is 30.3 Å². The largest absolute Gasteiger partial charge is 0.356 e. The molecule has 0 saturated carbocycles. The van der Waals surface area contributed by atoms with Gasteiger partial charge in [0.2, 0.25) is 5.91 Å². The molecule has 1 aromatic heterocycles. The monoisotopic (exact) mass is 371 g/mol. The Labute approximate surface area is 156 Å². The number of amides is 1. The summed E-state index contributed by atoms with van der Waals surface area (Å²) in [6, 6.07) is 10.0. The number of nitrogens with zero attached hydrogens (tertiary/aromatic N) is 3. The Morgan fingerprint density at radius 3 is 2.81 bits per heavy atom. The smallest absolute Gasteiger partial charge is 0.285 e. The Kier molecular flexibility index (Phi) is 5.08. The molecular weight excluding hydrogens is 350 g/mol. The fraction of sp³-hybridized carbons (Fsp3) is 0.421. The van der Waals surface area contributed by atoms with Gasteiger partial charge >= 0.3 is 0 Å². The van der Waals surface area contributed by atoms with Gasteiger partial charge in [0.15, 0.2) is 6.23 Å². The molecule has 136 valence electrons. The van der Waals surface area contributed by atoms with Crippen LogP contribution in [0.1, 0.15) is 31.1 Å². The molecule has 1 fully saturated rings. The van der Waals surface area contributed by atoms with Crippen molar-refractivity contribution >= 4 is 23.4 Å². The van der Waals surface area contributed by atoms with E-state index in [0.717, 1.165) is 31.2 Å². The normalized spacial score (nSPS) is 20.1. The number of carbonyl (C=O) groups excluding carboxylic acids is 1. The summed E-state index contributed by atoms with van der Waals surface area (Å²) in [7, 11) is 0. The maximum Gasteiger partial charge on any atom is 0.285 e. The molecule has 1 unspecified atom stereocenters. The molecule has 4 rings (SSSR count). The fourth-order valence-corrected chi connectivity index (χ4v) is 4.32. The molecule has 7 heteroatoms. The maximum atomic E-state index is 12.9. The van der Waals surface area contributed by atoms with E-state index in [4.69, 9.17) is 4.74 Å². The van der Waals surface area contributed by atoms with Gasteiger partial charge in [0.05, 0.1) is 17.6 Å². The fourth-order valence-electron chi connectivity index (χ4n) is 3.37. The minimum absolute atomic E-state index is 0.0197. The van der Waals surface area contributed by atoms with Gasteiger partial charge < -0.3 is 9.64 Å². The summed E-state index contributed by atoms with van der Waals surface area (Å²) in [6.45, 7) is 1.20. The molecule has 3 heterocycles. The van der Waals surface area contributed by atoms with E-state index >= 15 is 0 Å². The average molecular weight is 371 g/mol. The van der Waals surface area contributed by atoms with E-state index in [1.54, 1.807) is 11.1 Å². The number of fused-ring (bicyclic) bond motifs is 1. The SMILES string of the molecule is O=C1CSc2c(cnn(C3CCCCO3)c2=O)N1CCc1ccccc1. The standard InChI is InChI=1S/C19H21N3O3S/c23-16-13-26-18-15(21(16)10-9-14-6-2-1-3-7-14)12-20-22(19(18)24)17-8-4-5-11-25-17/h1-3,6-7,12,17H,4-5,8-11,13H2. The summed E-state index contributed by atoms with van der Waals surface area (Å²) in [5.41, 5.74) is 1.63. The second kappa shape index (κ2) is 7.63. The molecule has 1 amide bonds. The van der Waals surface area contributed by atoms with Crippen molar-refractivity contribution in [1.82, 2.24) is 9.78 Å². The van der Waals surface area contributed by atoms with Crippen LogP contribution in [0.15, 0.2) is 46.2 Å². The summed E-state index contributed by atoms with van der Waals surface area (Å²) >= 11 is 1.31. The predicted octanol–water partition coefficient (Wildman–Crippen LogP) is 2.62. The molecule has 6 nitrogen and oxygen atoms in total. The molecular formula is C19H21N3O3S. The zero-order valence-corrected chi connectivity index (χ0v) is 15.3. The van der Waals surface area contributed by atoms with Crippen molar-refractivity contribution in [1.29, 1.82) is 0 Å². The third kappa shape index (κ3) is 3.41. The van der Waals surface area contributed by atoms with E-state index < -0.39 is 0 Å². The molecule has 0 radical (unpaired) electrons. The molecule has 0 spiro atoms. The maximum absolute atomic E-state index is 12.9. The van der Waals surface area contributed by atoms with Gasteiger partial charge in [-0.05, 0) is 31.2 Å². The van der Waals surface area contributed by atoms with Gasteiger partial charge in [0, 0.05) is 13.2 Å². The van der Waals surface area contributed by atoms with Crippen molar-refractivity contribution in [3.63, 3.8) is 0 Å². The van der Waals surface area contributed by atoms with Crippen LogP contribution in [0.4, 0.5) is 5.69 Å². The first kappa shape index (κ1) is 17.3. The lowest BCUT2D eigenvalue weighted by atomic mass is 10.1. The first-order valence-corrected chi connectivity index (χ1v) is 9.93. The zero-order valence-electron chi connectivity index (χ0n) is 14.5. The van der Waals surface area contributed by atoms with E-state index in [-0.39, 0.29) is 23.4 Å². The van der Waals surface area contributed by atoms with Crippen LogP contribution in [0.2, 0.25) is 0 Å². The van der Waals surface area contributed by atoms with Crippen molar-refractivity contribution in [2.75, 3.05) is 23.8 Å². The Hall–Kier alpha value is -2.12. The Balaban J connectivity index is 1.60. The van der Waals surface area contributed by atoms with Crippen LogP contribution in [0, 0.1) is 0 Å². The molecule has 1 atom stereocenters. The number of carbonyl (C=O) groups is 1. The number of hydrogen-bond donors (Lipinski definition) is 0. The van der Waals surface area contributed by atoms with Crippen molar-refractivity contribution < 1.29 is 9.53 Å². The lowest BCUT2D eigenvalue weighted by Crippen LogP contribution is -2.41. The third-order valence-corrected chi connectivity index (χ3v) is 5.83. The van der Waals surface area contributed by atoms with E-state index in [1.807, 2.05) is 30.3 Å². The number of anilines is 1. The van der Waals surface area contributed by atoms with Gasteiger partial charge in [0.1, 0.15) is 4.90 Å². The first-order valence-electron chi connectivity index (χ1n) is 8.94. The molecule has 0 bridgehead atoms.